The molecule has 0 atom stereocenters. The molecule has 2 heterocycles. The summed E-state index contributed by atoms with van der Waals surface area (Å²) in [6.07, 6.45) is 8.24. The first-order chi connectivity index (χ1) is 9.15. The zero-order chi connectivity index (χ0) is 13.7. The predicted molar refractivity (Wildman–Crippen MR) is 82.6 cm³/mol. The van der Waals surface area contributed by atoms with Crippen molar-refractivity contribution in [1.29, 1.82) is 0 Å². The average molecular weight is 267 g/mol. The van der Waals surface area contributed by atoms with Gasteiger partial charge in [-0.1, -0.05) is 13.3 Å². The van der Waals surface area contributed by atoms with Crippen LogP contribution in [0.3, 0.4) is 0 Å². The summed E-state index contributed by atoms with van der Waals surface area (Å²) in [5.41, 5.74) is 0.616. The lowest BCUT2D eigenvalue weighted by atomic mass is 9.74. The van der Waals surface area contributed by atoms with Gasteiger partial charge in [0.05, 0.1) is 0 Å². The number of nitrogens with one attached hydrogen (secondary N) is 1. The van der Waals surface area contributed by atoms with E-state index in [2.05, 4.69) is 36.1 Å². The number of likely N-dealkylation sites (tertiary alicyclic amines) is 1. The Morgan fingerprint density at radius 1 is 1.16 bits per heavy atom. The maximum atomic E-state index is 3.53. The van der Waals surface area contributed by atoms with Gasteiger partial charge in [0, 0.05) is 12.6 Å². The van der Waals surface area contributed by atoms with Crippen molar-refractivity contribution in [3.05, 3.63) is 0 Å². The molecule has 0 radical (unpaired) electrons. The second kappa shape index (κ2) is 7.05. The Morgan fingerprint density at radius 3 is 2.32 bits per heavy atom. The second-order valence-electron chi connectivity index (χ2n) is 6.97. The minimum Gasteiger partial charge on any atom is -0.317 e. The topological polar surface area (TPSA) is 18.5 Å². The molecule has 0 aliphatic carbocycles. The smallest absolute Gasteiger partial charge is 0.0113 e. The molecule has 0 aromatic rings. The fourth-order valence-corrected chi connectivity index (χ4v) is 4.04. The third-order valence-electron chi connectivity index (χ3n) is 5.29. The first-order valence-corrected chi connectivity index (χ1v) is 8.25. The quantitative estimate of drug-likeness (QED) is 0.824. The van der Waals surface area contributed by atoms with Crippen molar-refractivity contribution >= 4 is 0 Å². The molecule has 0 aromatic carbocycles. The van der Waals surface area contributed by atoms with Gasteiger partial charge in [-0.05, 0) is 77.8 Å². The van der Waals surface area contributed by atoms with Gasteiger partial charge in [-0.15, -0.1) is 0 Å². The van der Waals surface area contributed by atoms with Gasteiger partial charge in [0.1, 0.15) is 0 Å². The van der Waals surface area contributed by atoms with Crippen molar-refractivity contribution in [2.45, 2.75) is 51.5 Å². The fourth-order valence-electron chi connectivity index (χ4n) is 4.04. The van der Waals surface area contributed by atoms with Crippen LogP contribution < -0.4 is 5.32 Å². The Morgan fingerprint density at radius 2 is 1.79 bits per heavy atom. The molecule has 0 saturated carbocycles. The van der Waals surface area contributed by atoms with E-state index in [-0.39, 0.29) is 0 Å². The number of hydrogen-bond acceptors (Lipinski definition) is 3. The Hall–Kier alpha value is -0.120. The van der Waals surface area contributed by atoms with Crippen LogP contribution >= 0.6 is 0 Å². The number of rotatable bonds is 5. The maximum absolute atomic E-state index is 3.53. The van der Waals surface area contributed by atoms with Crippen LogP contribution in [0.2, 0.25) is 0 Å². The van der Waals surface area contributed by atoms with Crippen LogP contribution in [-0.4, -0.2) is 62.7 Å². The van der Waals surface area contributed by atoms with E-state index in [9.17, 15) is 0 Å². The van der Waals surface area contributed by atoms with Crippen LogP contribution in [-0.2, 0) is 0 Å². The van der Waals surface area contributed by atoms with Crippen molar-refractivity contribution < 1.29 is 0 Å². The molecule has 2 aliphatic heterocycles. The minimum absolute atomic E-state index is 0.616. The van der Waals surface area contributed by atoms with E-state index in [4.69, 9.17) is 0 Å². The van der Waals surface area contributed by atoms with E-state index in [0.717, 1.165) is 6.04 Å². The van der Waals surface area contributed by atoms with Crippen LogP contribution in [0, 0.1) is 5.41 Å². The molecule has 0 unspecified atom stereocenters. The highest BCUT2D eigenvalue weighted by Gasteiger charge is 2.34. The zero-order valence-corrected chi connectivity index (χ0v) is 13.2. The molecule has 3 nitrogen and oxygen atoms in total. The van der Waals surface area contributed by atoms with Gasteiger partial charge >= 0.3 is 0 Å². The van der Waals surface area contributed by atoms with Crippen LogP contribution in [0.1, 0.15) is 45.4 Å². The number of nitrogens with zero attached hydrogens (tertiary/aromatic N) is 2. The average Bonchev–Trinajstić information content (AvgIpc) is 2.40. The van der Waals surface area contributed by atoms with Gasteiger partial charge in [-0.3, -0.25) is 0 Å². The highest BCUT2D eigenvalue weighted by Crippen LogP contribution is 2.35. The highest BCUT2D eigenvalue weighted by molar-refractivity contribution is 4.89. The molecule has 0 aromatic heterocycles. The standard InChI is InChI=1S/C16H33N3/c1-4-7-16(8-10-17-11-9-16)14-19-12-5-15(6-13-19)18(2)3/h15,17H,4-14H2,1-3H3. The molecule has 2 rings (SSSR count). The van der Waals surface area contributed by atoms with Crippen molar-refractivity contribution in [3.63, 3.8) is 0 Å². The van der Waals surface area contributed by atoms with Gasteiger partial charge < -0.3 is 15.1 Å². The number of hydrogen-bond donors (Lipinski definition) is 1. The summed E-state index contributed by atoms with van der Waals surface area (Å²) in [6.45, 7) is 8.77. The van der Waals surface area contributed by atoms with Gasteiger partial charge in [0.2, 0.25) is 0 Å². The normalized spacial score (nSPS) is 25.9. The molecule has 0 spiro atoms. The zero-order valence-electron chi connectivity index (χ0n) is 13.2. The summed E-state index contributed by atoms with van der Waals surface area (Å²) in [6, 6.07) is 0.811. The molecule has 19 heavy (non-hydrogen) atoms. The van der Waals surface area contributed by atoms with Gasteiger partial charge in [-0.2, -0.15) is 0 Å². The monoisotopic (exact) mass is 267 g/mol. The summed E-state index contributed by atoms with van der Waals surface area (Å²) < 4.78 is 0. The van der Waals surface area contributed by atoms with Crippen LogP contribution in [0.4, 0.5) is 0 Å². The summed E-state index contributed by atoms with van der Waals surface area (Å²) >= 11 is 0. The van der Waals surface area contributed by atoms with E-state index in [1.165, 1.54) is 71.2 Å². The van der Waals surface area contributed by atoms with Crippen LogP contribution in [0.25, 0.3) is 0 Å². The SMILES string of the molecule is CCCC1(CN2CCC(N(C)C)CC2)CCNCC1. The third-order valence-corrected chi connectivity index (χ3v) is 5.29. The van der Waals surface area contributed by atoms with Crippen LogP contribution in [0.15, 0.2) is 0 Å². The van der Waals surface area contributed by atoms with Gasteiger partial charge in [0.25, 0.3) is 0 Å². The molecule has 2 fully saturated rings. The summed E-state index contributed by atoms with van der Waals surface area (Å²) in [5.74, 6) is 0. The molecule has 1 N–H and O–H groups in total. The van der Waals surface area contributed by atoms with E-state index in [1.807, 2.05) is 0 Å². The molecule has 2 aliphatic rings. The maximum Gasteiger partial charge on any atom is 0.0113 e. The molecule has 112 valence electrons. The van der Waals surface area contributed by atoms with E-state index >= 15 is 0 Å². The Bertz CT molecular complexity index is 245. The minimum atomic E-state index is 0.616. The molecular formula is C16H33N3. The molecule has 0 amide bonds. The second-order valence-corrected chi connectivity index (χ2v) is 6.97. The third kappa shape index (κ3) is 4.17. The summed E-state index contributed by atoms with van der Waals surface area (Å²) in [5, 5.41) is 3.53. The highest BCUT2D eigenvalue weighted by atomic mass is 15.2. The first-order valence-electron chi connectivity index (χ1n) is 8.25. The Kier molecular flexibility index (Phi) is 5.67. The van der Waals surface area contributed by atoms with Gasteiger partial charge in [0.15, 0.2) is 0 Å². The molecular weight excluding hydrogens is 234 g/mol. The van der Waals surface area contributed by atoms with Crippen molar-refractivity contribution in [1.82, 2.24) is 15.1 Å². The lowest BCUT2D eigenvalue weighted by molar-refractivity contribution is 0.0677. The largest absolute Gasteiger partial charge is 0.317 e. The van der Waals surface area contributed by atoms with Gasteiger partial charge in [-0.25, -0.2) is 0 Å². The fraction of sp³-hybridized carbons (Fsp3) is 1.00. The first kappa shape index (κ1) is 15.3. The summed E-state index contributed by atoms with van der Waals surface area (Å²) in [4.78, 5) is 5.16. The van der Waals surface area contributed by atoms with Crippen molar-refractivity contribution in [2.24, 2.45) is 5.41 Å². The van der Waals surface area contributed by atoms with Crippen LogP contribution in [0.5, 0.6) is 0 Å². The van der Waals surface area contributed by atoms with Crippen molar-refractivity contribution in [3.8, 4) is 0 Å². The number of piperidine rings is 2. The van der Waals surface area contributed by atoms with E-state index in [0.29, 0.717) is 5.41 Å². The predicted octanol–water partition coefficient (Wildman–Crippen LogP) is 2.18. The molecule has 0 bridgehead atoms. The lowest BCUT2D eigenvalue weighted by Crippen LogP contribution is -2.49. The van der Waals surface area contributed by atoms with E-state index in [1.54, 1.807) is 0 Å². The van der Waals surface area contributed by atoms with E-state index < -0.39 is 0 Å². The lowest BCUT2D eigenvalue weighted by Gasteiger charge is -2.44. The molecule has 2 saturated heterocycles. The summed E-state index contributed by atoms with van der Waals surface area (Å²) in [7, 11) is 4.46. The Balaban J connectivity index is 1.85. The molecule has 3 heteroatoms. The Labute approximate surface area is 119 Å². The van der Waals surface area contributed by atoms with Crippen molar-refractivity contribution in [2.75, 3.05) is 46.8 Å².